The summed E-state index contributed by atoms with van der Waals surface area (Å²) in [7, 11) is 0. The molecule has 1 aromatic carbocycles. The van der Waals surface area contributed by atoms with Gasteiger partial charge in [0.05, 0.1) is 5.03 Å². The molecule has 0 saturated heterocycles. The first kappa shape index (κ1) is 22.1. The Morgan fingerprint density at radius 2 is 1.26 bits per heavy atom. The molecule has 2 nitrogen and oxygen atoms in total. The van der Waals surface area contributed by atoms with Crippen LogP contribution >= 0.6 is 104 Å². The Labute approximate surface area is 177 Å². The molecule has 0 saturated carbocycles. The maximum atomic E-state index is 12.2. The van der Waals surface area contributed by atoms with Gasteiger partial charge >= 0.3 is 5.97 Å². The van der Waals surface area contributed by atoms with Crippen LogP contribution in [-0.2, 0) is 4.79 Å². The third-order valence-corrected chi connectivity index (χ3v) is 4.76. The second-order valence-corrected chi connectivity index (χ2v) is 10.2. The summed E-state index contributed by atoms with van der Waals surface area (Å²) in [5.41, 5.74) is -0.600. The summed E-state index contributed by atoms with van der Waals surface area (Å²) >= 11 is 52.2. The van der Waals surface area contributed by atoms with E-state index in [0.717, 1.165) is 0 Å². The number of hydrogen-bond donors (Lipinski definition) is 0. The van der Waals surface area contributed by atoms with Crippen molar-refractivity contribution in [1.29, 1.82) is 0 Å². The van der Waals surface area contributed by atoms with Crippen molar-refractivity contribution in [1.82, 2.24) is 0 Å². The first-order valence-electron chi connectivity index (χ1n) is 5.47. The molecule has 0 unspecified atom stereocenters. The van der Waals surface area contributed by atoms with Gasteiger partial charge in [-0.3, -0.25) is 0 Å². The van der Waals surface area contributed by atoms with E-state index in [9.17, 15) is 4.79 Å². The van der Waals surface area contributed by atoms with E-state index in [1.165, 1.54) is 12.1 Å². The molecule has 0 aromatic heterocycles. The summed E-state index contributed by atoms with van der Waals surface area (Å²) in [6, 6.07) is 7.94. The van der Waals surface area contributed by atoms with E-state index >= 15 is 0 Å². The average molecular weight is 500 g/mol. The monoisotopic (exact) mass is 496 g/mol. The van der Waals surface area contributed by atoms with Gasteiger partial charge in [0.15, 0.2) is 0 Å². The summed E-state index contributed by atoms with van der Waals surface area (Å²) in [4.78, 5) is 12.2. The zero-order valence-corrected chi connectivity index (χ0v) is 17.4. The van der Waals surface area contributed by atoms with Crippen molar-refractivity contribution < 1.29 is 9.53 Å². The number of ether oxygens (including phenoxy) is 1. The fourth-order valence-electron chi connectivity index (χ4n) is 1.32. The summed E-state index contributed by atoms with van der Waals surface area (Å²) in [5, 5.41) is -0.693. The Morgan fingerprint density at radius 1 is 0.826 bits per heavy atom. The molecular weight excluding hydrogens is 495 g/mol. The van der Waals surface area contributed by atoms with Crippen molar-refractivity contribution in [2.75, 3.05) is 0 Å². The molecule has 1 aromatic rings. The minimum Gasteiger partial charge on any atom is -0.424 e. The number of esters is 1. The molecule has 0 fully saturated rings. The molecule has 0 aliphatic carbocycles. The normalized spacial score (nSPS) is 12.7. The largest absolute Gasteiger partial charge is 0.424 e. The lowest BCUT2D eigenvalue weighted by atomic mass is 10.2. The molecule has 23 heavy (non-hydrogen) atoms. The Hall–Kier alpha value is 1.04. The zero-order valence-electron chi connectivity index (χ0n) is 10.6. The number of carbonyl (C=O) groups excluding carboxylic acids is 1. The Balaban J connectivity index is 3.27. The van der Waals surface area contributed by atoms with Crippen LogP contribution < -0.4 is 4.74 Å². The van der Waals surface area contributed by atoms with Crippen LogP contribution in [0, 0.1) is 0 Å². The molecular formula is C12H5Cl9O2. The Morgan fingerprint density at radius 3 is 1.65 bits per heavy atom. The second kappa shape index (κ2) is 8.16. The van der Waals surface area contributed by atoms with Crippen LogP contribution in [0.4, 0.5) is 0 Å². The lowest BCUT2D eigenvalue weighted by Gasteiger charge is -2.28. The molecule has 0 aliphatic rings. The first-order valence-corrected chi connectivity index (χ1v) is 8.88. The van der Waals surface area contributed by atoms with Crippen molar-refractivity contribution in [2.45, 2.75) is 11.9 Å². The molecule has 0 atom stereocenters. The topological polar surface area (TPSA) is 26.3 Å². The molecule has 0 radical (unpaired) electrons. The minimum absolute atomic E-state index is 0.164. The molecule has 0 bridgehead atoms. The molecule has 1 rings (SSSR count). The van der Waals surface area contributed by atoms with E-state index in [0.29, 0.717) is 0 Å². The predicted octanol–water partition coefficient (Wildman–Crippen LogP) is 7.00. The van der Waals surface area contributed by atoms with E-state index in [2.05, 4.69) is 0 Å². The Bertz CT molecular complexity index is 583. The molecule has 0 spiro atoms. The van der Waals surface area contributed by atoms with Gasteiger partial charge in [0.2, 0.25) is 7.59 Å². The van der Waals surface area contributed by atoms with Crippen LogP contribution in [0.2, 0.25) is 0 Å². The van der Waals surface area contributed by atoms with Crippen LogP contribution in [0.15, 0.2) is 40.9 Å². The van der Waals surface area contributed by atoms with Gasteiger partial charge in [-0.2, -0.15) is 0 Å². The van der Waals surface area contributed by atoms with Crippen LogP contribution in [0.5, 0.6) is 5.75 Å². The van der Waals surface area contributed by atoms with Gasteiger partial charge in [-0.1, -0.05) is 123 Å². The van der Waals surface area contributed by atoms with Gasteiger partial charge in [0.25, 0.3) is 4.33 Å². The van der Waals surface area contributed by atoms with Crippen molar-refractivity contribution in [3.8, 4) is 5.75 Å². The van der Waals surface area contributed by atoms with Gasteiger partial charge in [-0.15, -0.1) is 0 Å². The van der Waals surface area contributed by atoms with Crippen LogP contribution in [0.25, 0.3) is 0 Å². The second-order valence-electron chi connectivity index (χ2n) is 3.96. The third-order valence-electron chi connectivity index (χ3n) is 2.27. The SMILES string of the molecule is O=C(Oc1ccccc1)C(Cl)(Cl)C(Cl)=C(C(Cl)(Cl)Cl)C(Cl)(Cl)Cl. The van der Waals surface area contributed by atoms with E-state index in [4.69, 9.17) is 109 Å². The van der Waals surface area contributed by atoms with Gasteiger partial charge in [-0.25, -0.2) is 4.79 Å². The number of benzene rings is 1. The number of hydrogen-bond acceptors (Lipinski definition) is 2. The zero-order chi connectivity index (χ0) is 18.1. The highest BCUT2D eigenvalue weighted by Gasteiger charge is 2.50. The standard InChI is InChI=1S/C12H5Cl9O2/c13-8(7(11(16,17)18)12(19,20)21)10(14,15)9(22)23-6-4-2-1-3-5-6/h1-5H. The summed E-state index contributed by atoms with van der Waals surface area (Å²) in [5.74, 6) is -1.00. The first-order chi connectivity index (χ1) is 10.3. The Kier molecular flexibility index (Phi) is 7.83. The smallest absolute Gasteiger partial charge is 0.353 e. The van der Waals surface area contributed by atoms with E-state index in [1.807, 2.05) is 0 Å². The van der Waals surface area contributed by atoms with Crippen LogP contribution in [0.1, 0.15) is 0 Å². The van der Waals surface area contributed by atoms with Crippen molar-refractivity contribution >= 4 is 110 Å². The summed E-state index contributed by atoms with van der Waals surface area (Å²) < 4.78 is -2.05. The van der Waals surface area contributed by atoms with Gasteiger partial charge in [0.1, 0.15) is 5.75 Å². The molecule has 0 N–H and O–H groups in total. The number of para-hydroxylation sites is 1. The van der Waals surface area contributed by atoms with Gasteiger partial charge < -0.3 is 4.74 Å². The van der Waals surface area contributed by atoms with Crippen LogP contribution in [-0.4, -0.2) is 17.9 Å². The van der Waals surface area contributed by atoms with Crippen molar-refractivity contribution in [3.05, 3.63) is 40.9 Å². The maximum Gasteiger partial charge on any atom is 0.353 e. The third kappa shape index (κ3) is 6.06. The molecule has 11 heteroatoms. The lowest BCUT2D eigenvalue weighted by molar-refractivity contribution is -0.134. The van der Waals surface area contributed by atoms with E-state index in [1.54, 1.807) is 18.2 Å². The highest BCUT2D eigenvalue weighted by Crippen LogP contribution is 2.53. The predicted molar refractivity (Wildman–Crippen MR) is 100.0 cm³/mol. The summed E-state index contributed by atoms with van der Waals surface area (Å²) in [6.07, 6.45) is 0. The fraction of sp³-hybridized carbons (Fsp3) is 0.250. The maximum absolute atomic E-state index is 12.2. The quantitative estimate of drug-likeness (QED) is 0.254. The van der Waals surface area contributed by atoms with Crippen molar-refractivity contribution in [2.24, 2.45) is 0 Å². The number of carbonyl (C=O) groups is 1. The summed E-state index contributed by atoms with van der Waals surface area (Å²) in [6.45, 7) is 0. The fourth-order valence-corrected chi connectivity index (χ4v) is 4.09. The highest BCUT2D eigenvalue weighted by atomic mass is 35.6. The van der Waals surface area contributed by atoms with Gasteiger partial charge in [-0.05, 0) is 12.1 Å². The van der Waals surface area contributed by atoms with Crippen molar-refractivity contribution in [3.63, 3.8) is 0 Å². The van der Waals surface area contributed by atoms with E-state index in [-0.39, 0.29) is 5.75 Å². The minimum atomic E-state index is -2.47. The van der Waals surface area contributed by atoms with E-state index < -0.39 is 28.5 Å². The lowest BCUT2D eigenvalue weighted by Crippen LogP contribution is -2.35. The average Bonchev–Trinajstić information content (AvgIpc) is 2.36. The number of allylic oxidation sites excluding steroid dienone is 1. The number of alkyl halides is 8. The van der Waals surface area contributed by atoms with Crippen LogP contribution in [0.3, 0.4) is 0 Å². The molecule has 128 valence electrons. The number of halogens is 9. The number of rotatable bonds is 3. The molecule has 0 aliphatic heterocycles. The molecule has 0 amide bonds. The van der Waals surface area contributed by atoms with Gasteiger partial charge in [0, 0.05) is 5.57 Å². The highest BCUT2D eigenvalue weighted by molar-refractivity contribution is 6.77. The molecule has 0 heterocycles.